The molecule has 0 amide bonds. The Morgan fingerprint density at radius 1 is 1.35 bits per heavy atom. The highest BCUT2D eigenvalue weighted by atomic mass is 32.2. The minimum Gasteiger partial charge on any atom is -0.478 e. The Kier molecular flexibility index (Phi) is 4.85. The first-order valence-corrected chi connectivity index (χ1v) is 8.72. The van der Waals surface area contributed by atoms with Crippen molar-refractivity contribution in [2.45, 2.75) is 17.4 Å². The van der Waals surface area contributed by atoms with Gasteiger partial charge in [-0.25, -0.2) is 17.9 Å². The number of sulfonamides is 1. The van der Waals surface area contributed by atoms with Crippen LogP contribution in [0.25, 0.3) is 6.08 Å². The number of carbonyl (C=O) groups is 1. The molecule has 0 bridgehead atoms. The van der Waals surface area contributed by atoms with Crippen molar-refractivity contribution in [3.8, 4) is 0 Å². The number of nitrogens with one attached hydrogen (secondary N) is 1. The van der Waals surface area contributed by atoms with E-state index in [0.717, 1.165) is 24.0 Å². The Labute approximate surface area is 122 Å². The van der Waals surface area contributed by atoms with Crippen molar-refractivity contribution in [2.24, 2.45) is 0 Å². The van der Waals surface area contributed by atoms with Crippen LogP contribution in [0.5, 0.6) is 0 Å². The van der Waals surface area contributed by atoms with Gasteiger partial charge in [-0.05, 0) is 35.9 Å². The lowest BCUT2D eigenvalue weighted by atomic mass is 10.2. The van der Waals surface area contributed by atoms with E-state index in [-0.39, 0.29) is 10.9 Å². The quantitative estimate of drug-likeness (QED) is 0.806. The van der Waals surface area contributed by atoms with Crippen molar-refractivity contribution in [1.82, 2.24) is 4.72 Å². The fourth-order valence-electron chi connectivity index (χ4n) is 1.84. The molecule has 2 N–H and O–H groups in total. The van der Waals surface area contributed by atoms with Crippen molar-refractivity contribution in [2.75, 3.05) is 11.5 Å². The van der Waals surface area contributed by atoms with Crippen molar-refractivity contribution in [3.05, 3.63) is 35.9 Å². The zero-order chi connectivity index (χ0) is 14.6. The van der Waals surface area contributed by atoms with Gasteiger partial charge in [0.05, 0.1) is 4.90 Å². The Bertz CT molecular complexity index is 602. The first-order chi connectivity index (χ1) is 9.47. The zero-order valence-electron chi connectivity index (χ0n) is 10.7. The Morgan fingerprint density at radius 3 is 2.60 bits per heavy atom. The Hall–Kier alpha value is -1.31. The van der Waals surface area contributed by atoms with Gasteiger partial charge in [-0.1, -0.05) is 12.1 Å². The molecular formula is C13H15NO4S2. The summed E-state index contributed by atoms with van der Waals surface area (Å²) in [5, 5.41) is 8.52. The minimum absolute atomic E-state index is 0.00316. The second kappa shape index (κ2) is 6.43. The number of hydrogen-bond donors (Lipinski definition) is 2. The fraction of sp³-hybridized carbons (Fsp3) is 0.308. The topological polar surface area (TPSA) is 83.5 Å². The third-order valence-electron chi connectivity index (χ3n) is 2.86. The number of rotatable bonds is 5. The monoisotopic (exact) mass is 313 g/mol. The molecule has 20 heavy (non-hydrogen) atoms. The zero-order valence-corrected chi connectivity index (χ0v) is 12.3. The molecule has 1 aromatic rings. The summed E-state index contributed by atoms with van der Waals surface area (Å²) in [5.74, 6) is 0.743. The molecular weight excluding hydrogens is 298 g/mol. The molecule has 1 aromatic carbocycles. The normalized spacial score (nSPS) is 19.5. The van der Waals surface area contributed by atoms with Crippen LogP contribution >= 0.6 is 11.8 Å². The van der Waals surface area contributed by atoms with Crippen LogP contribution in [-0.4, -0.2) is 37.0 Å². The number of carboxylic acid groups (broad SMARTS) is 1. The fourth-order valence-corrected chi connectivity index (χ4v) is 4.37. The average molecular weight is 313 g/mol. The van der Waals surface area contributed by atoms with Crippen molar-refractivity contribution < 1.29 is 18.3 Å². The van der Waals surface area contributed by atoms with E-state index < -0.39 is 16.0 Å². The van der Waals surface area contributed by atoms with E-state index in [1.165, 1.54) is 18.2 Å². The standard InChI is InChI=1S/C13H15NO4S2/c15-13(16)6-3-10-1-4-12(5-2-10)20(17,18)14-11-7-8-19-9-11/h1-6,11,14H,7-9H2,(H,15,16)/b6-3+. The largest absolute Gasteiger partial charge is 0.478 e. The van der Waals surface area contributed by atoms with Gasteiger partial charge in [0.1, 0.15) is 0 Å². The van der Waals surface area contributed by atoms with Gasteiger partial charge < -0.3 is 5.11 Å². The second-order valence-corrected chi connectivity index (χ2v) is 7.29. The van der Waals surface area contributed by atoms with E-state index in [9.17, 15) is 13.2 Å². The van der Waals surface area contributed by atoms with E-state index in [1.54, 1.807) is 23.9 Å². The summed E-state index contributed by atoms with van der Waals surface area (Å²) < 4.78 is 26.9. The third kappa shape index (κ3) is 4.09. The molecule has 0 saturated carbocycles. The number of thioether (sulfide) groups is 1. The van der Waals surface area contributed by atoms with Crippen LogP contribution in [0.4, 0.5) is 0 Å². The van der Waals surface area contributed by atoms with E-state index in [4.69, 9.17) is 5.11 Å². The molecule has 0 aliphatic carbocycles. The maximum atomic E-state index is 12.1. The first-order valence-electron chi connectivity index (χ1n) is 6.08. The average Bonchev–Trinajstić information content (AvgIpc) is 2.89. The van der Waals surface area contributed by atoms with E-state index in [0.29, 0.717) is 5.56 Å². The summed E-state index contributed by atoms with van der Waals surface area (Å²) in [6.45, 7) is 0. The predicted octanol–water partition coefficient (Wildman–Crippen LogP) is 1.57. The number of hydrogen-bond acceptors (Lipinski definition) is 4. The summed E-state index contributed by atoms with van der Waals surface area (Å²) in [6, 6.07) is 6.11. The summed E-state index contributed by atoms with van der Waals surface area (Å²) in [7, 11) is -3.50. The maximum absolute atomic E-state index is 12.1. The maximum Gasteiger partial charge on any atom is 0.328 e. The van der Waals surface area contributed by atoms with Crippen LogP contribution in [0.3, 0.4) is 0 Å². The molecule has 0 radical (unpaired) electrons. The minimum atomic E-state index is -3.50. The molecule has 0 aromatic heterocycles. The van der Waals surface area contributed by atoms with Gasteiger partial charge in [0, 0.05) is 17.9 Å². The van der Waals surface area contributed by atoms with Crippen molar-refractivity contribution in [3.63, 3.8) is 0 Å². The number of aliphatic carboxylic acids is 1. The predicted molar refractivity (Wildman–Crippen MR) is 79.2 cm³/mol. The molecule has 5 nitrogen and oxygen atoms in total. The molecule has 0 spiro atoms. The molecule has 1 saturated heterocycles. The molecule has 1 unspecified atom stereocenters. The lowest BCUT2D eigenvalue weighted by molar-refractivity contribution is -0.131. The van der Waals surface area contributed by atoms with Gasteiger partial charge >= 0.3 is 5.97 Å². The van der Waals surface area contributed by atoms with Crippen LogP contribution in [0, 0.1) is 0 Å². The number of carboxylic acids is 1. The molecule has 2 rings (SSSR count). The van der Waals surface area contributed by atoms with Crippen molar-refractivity contribution >= 4 is 33.8 Å². The molecule has 1 aliphatic rings. The Balaban J connectivity index is 2.10. The molecule has 1 heterocycles. The van der Waals surface area contributed by atoms with Gasteiger partial charge in [-0.2, -0.15) is 11.8 Å². The summed E-state index contributed by atoms with van der Waals surface area (Å²) in [4.78, 5) is 10.6. The highest BCUT2D eigenvalue weighted by molar-refractivity contribution is 7.99. The van der Waals surface area contributed by atoms with Crippen LogP contribution in [0.1, 0.15) is 12.0 Å². The van der Waals surface area contributed by atoms with Crippen molar-refractivity contribution in [1.29, 1.82) is 0 Å². The summed E-state index contributed by atoms with van der Waals surface area (Å²) in [6.07, 6.45) is 3.28. The molecule has 1 fully saturated rings. The molecule has 1 atom stereocenters. The van der Waals surface area contributed by atoms with Gasteiger partial charge in [0.25, 0.3) is 0 Å². The SMILES string of the molecule is O=C(O)/C=C/c1ccc(S(=O)(=O)NC2CCSC2)cc1. The number of benzene rings is 1. The van der Waals surface area contributed by atoms with Gasteiger partial charge in [-0.15, -0.1) is 0 Å². The molecule has 1 aliphatic heterocycles. The second-order valence-electron chi connectivity index (χ2n) is 4.42. The van der Waals surface area contributed by atoms with Gasteiger partial charge in [-0.3, -0.25) is 0 Å². The van der Waals surface area contributed by atoms with Crippen LogP contribution in [-0.2, 0) is 14.8 Å². The lowest BCUT2D eigenvalue weighted by Gasteiger charge is -2.12. The Morgan fingerprint density at radius 2 is 2.05 bits per heavy atom. The smallest absolute Gasteiger partial charge is 0.328 e. The van der Waals surface area contributed by atoms with Crippen LogP contribution < -0.4 is 4.72 Å². The van der Waals surface area contributed by atoms with Gasteiger partial charge in [0.2, 0.25) is 10.0 Å². The summed E-state index contributed by atoms with van der Waals surface area (Å²) in [5.41, 5.74) is 0.641. The van der Waals surface area contributed by atoms with E-state index in [2.05, 4.69) is 4.72 Å². The lowest BCUT2D eigenvalue weighted by Crippen LogP contribution is -2.34. The third-order valence-corrected chi connectivity index (χ3v) is 5.56. The first kappa shape index (κ1) is 15.1. The highest BCUT2D eigenvalue weighted by Crippen LogP contribution is 2.20. The summed E-state index contributed by atoms with van der Waals surface area (Å²) >= 11 is 1.74. The van der Waals surface area contributed by atoms with Gasteiger partial charge in [0.15, 0.2) is 0 Å². The van der Waals surface area contributed by atoms with Crippen LogP contribution in [0.15, 0.2) is 35.2 Å². The van der Waals surface area contributed by atoms with E-state index in [1.807, 2.05) is 0 Å². The highest BCUT2D eigenvalue weighted by Gasteiger charge is 2.22. The molecule has 7 heteroatoms. The van der Waals surface area contributed by atoms with E-state index >= 15 is 0 Å². The van der Waals surface area contributed by atoms with Crippen LogP contribution in [0.2, 0.25) is 0 Å². The molecule has 108 valence electrons.